The van der Waals surface area contributed by atoms with Gasteiger partial charge in [0.05, 0.1) is 32.3 Å². The van der Waals surface area contributed by atoms with E-state index in [9.17, 15) is 4.79 Å². The first-order valence-corrected chi connectivity index (χ1v) is 4.58. The lowest BCUT2D eigenvalue weighted by Crippen LogP contribution is -2.13. The average Bonchev–Trinajstić information content (AvgIpc) is 2.10. The molecule has 0 saturated heterocycles. The second-order valence-corrected chi connectivity index (χ2v) is 2.85. The van der Waals surface area contributed by atoms with Crippen LogP contribution in [0.2, 0.25) is 0 Å². The average molecular weight is 190 g/mol. The smallest absolute Gasteiger partial charge is 0.305 e. The zero-order chi connectivity index (χ0) is 10.1. The van der Waals surface area contributed by atoms with Crippen molar-refractivity contribution in [2.75, 3.05) is 19.8 Å². The van der Waals surface area contributed by atoms with Crippen LogP contribution in [-0.2, 0) is 14.3 Å². The molecule has 0 saturated carbocycles. The molecular weight excluding hydrogens is 172 g/mol. The lowest BCUT2D eigenvalue weighted by Gasteiger charge is -2.09. The lowest BCUT2D eigenvalue weighted by atomic mass is 10.3. The molecule has 0 aliphatic rings. The number of rotatable bonds is 8. The van der Waals surface area contributed by atoms with Crippen LogP contribution in [0.4, 0.5) is 0 Å². The minimum Gasteiger partial charge on any atom is -0.481 e. The molecule has 0 aromatic carbocycles. The predicted octanol–water partition coefficient (Wildman–Crippen LogP) is 1.29. The normalized spacial score (nSPS) is 12.8. The monoisotopic (exact) mass is 190 g/mol. The second-order valence-electron chi connectivity index (χ2n) is 2.85. The van der Waals surface area contributed by atoms with Gasteiger partial charge >= 0.3 is 5.97 Å². The number of carboxylic acids is 1. The molecule has 1 N–H and O–H groups in total. The minimum absolute atomic E-state index is 0.0589. The molecule has 1 unspecified atom stereocenters. The van der Waals surface area contributed by atoms with Gasteiger partial charge in [-0.3, -0.25) is 4.79 Å². The summed E-state index contributed by atoms with van der Waals surface area (Å²) in [6.45, 7) is 5.32. The van der Waals surface area contributed by atoms with Crippen LogP contribution >= 0.6 is 0 Å². The van der Waals surface area contributed by atoms with E-state index in [1.165, 1.54) is 0 Å². The Morgan fingerprint density at radius 1 is 1.38 bits per heavy atom. The Balaban J connectivity index is 3.04. The SMILES string of the molecule is CCC(C)OCCOCCC(=O)O. The van der Waals surface area contributed by atoms with Crippen molar-refractivity contribution >= 4 is 5.97 Å². The molecule has 0 aliphatic carbocycles. The third-order valence-corrected chi connectivity index (χ3v) is 1.67. The van der Waals surface area contributed by atoms with E-state index in [2.05, 4.69) is 6.92 Å². The van der Waals surface area contributed by atoms with Gasteiger partial charge in [-0.05, 0) is 13.3 Å². The molecule has 0 amide bonds. The zero-order valence-electron chi connectivity index (χ0n) is 8.28. The summed E-state index contributed by atoms with van der Waals surface area (Å²) >= 11 is 0. The highest BCUT2D eigenvalue weighted by atomic mass is 16.5. The fourth-order valence-electron chi connectivity index (χ4n) is 0.688. The molecule has 0 bridgehead atoms. The third-order valence-electron chi connectivity index (χ3n) is 1.67. The first kappa shape index (κ1) is 12.4. The molecule has 0 aromatic rings. The Bertz CT molecular complexity index is 136. The summed E-state index contributed by atoms with van der Waals surface area (Å²) in [6, 6.07) is 0. The maximum Gasteiger partial charge on any atom is 0.305 e. The first-order valence-electron chi connectivity index (χ1n) is 4.58. The van der Waals surface area contributed by atoms with Crippen LogP contribution in [0.25, 0.3) is 0 Å². The second kappa shape index (κ2) is 8.01. The molecule has 13 heavy (non-hydrogen) atoms. The van der Waals surface area contributed by atoms with Crippen molar-refractivity contribution < 1.29 is 19.4 Å². The standard InChI is InChI=1S/C9H18O4/c1-3-8(2)13-7-6-12-5-4-9(10)11/h8H,3-7H2,1-2H3,(H,10,11). The summed E-state index contributed by atoms with van der Waals surface area (Å²) in [5.41, 5.74) is 0. The molecule has 4 nitrogen and oxygen atoms in total. The highest BCUT2D eigenvalue weighted by Crippen LogP contribution is 1.95. The maximum absolute atomic E-state index is 10.1. The fraction of sp³-hybridized carbons (Fsp3) is 0.889. The number of carboxylic acid groups (broad SMARTS) is 1. The summed E-state index contributed by atoms with van der Waals surface area (Å²) in [5.74, 6) is -0.831. The molecule has 0 aromatic heterocycles. The Labute approximate surface area is 78.8 Å². The van der Waals surface area contributed by atoms with Crippen LogP contribution in [0.5, 0.6) is 0 Å². The Kier molecular flexibility index (Phi) is 7.63. The van der Waals surface area contributed by atoms with Crippen molar-refractivity contribution in [3.63, 3.8) is 0 Å². The van der Waals surface area contributed by atoms with Gasteiger partial charge in [-0.25, -0.2) is 0 Å². The van der Waals surface area contributed by atoms with Crippen molar-refractivity contribution in [2.24, 2.45) is 0 Å². The summed E-state index contributed by atoms with van der Waals surface area (Å²) < 4.78 is 10.4. The minimum atomic E-state index is -0.831. The van der Waals surface area contributed by atoms with E-state index in [1.54, 1.807) is 0 Å². The molecule has 0 rings (SSSR count). The summed E-state index contributed by atoms with van der Waals surface area (Å²) in [4.78, 5) is 10.1. The van der Waals surface area contributed by atoms with E-state index in [-0.39, 0.29) is 19.1 Å². The highest BCUT2D eigenvalue weighted by molar-refractivity contribution is 5.66. The quantitative estimate of drug-likeness (QED) is 0.586. The molecule has 4 heteroatoms. The van der Waals surface area contributed by atoms with Gasteiger partial charge in [0.2, 0.25) is 0 Å². The molecular formula is C9H18O4. The van der Waals surface area contributed by atoms with E-state index in [4.69, 9.17) is 14.6 Å². The Morgan fingerprint density at radius 3 is 2.62 bits per heavy atom. The van der Waals surface area contributed by atoms with E-state index in [0.717, 1.165) is 6.42 Å². The van der Waals surface area contributed by atoms with Gasteiger partial charge < -0.3 is 14.6 Å². The number of aliphatic carboxylic acids is 1. The lowest BCUT2D eigenvalue weighted by molar-refractivity contribution is -0.138. The Morgan fingerprint density at radius 2 is 2.08 bits per heavy atom. The molecule has 0 fully saturated rings. The number of hydrogen-bond donors (Lipinski definition) is 1. The summed E-state index contributed by atoms with van der Waals surface area (Å²) in [5, 5.41) is 8.29. The van der Waals surface area contributed by atoms with E-state index >= 15 is 0 Å². The van der Waals surface area contributed by atoms with Crippen molar-refractivity contribution in [3.05, 3.63) is 0 Å². The molecule has 1 atom stereocenters. The van der Waals surface area contributed by atoms with E-state index in [1.807, 2.05) is 6.92 Å². The van der Waals surface area contributed by atoms with Gasteiger partial charge in [0.25, 0.3) is 0 Å². The molecule has 0 aliphatic heterocycles. The van der Waals surface area contributed by atoms with Gasteiger partial charge in [-0.2, -0.15) is 0 Å². The van der Waals surface area contributed by atoms with Crippen molar-refractivity contribution in [1.29, 1.82) is 0 Å². The summed E-state index contributed by atoms with van der Waals surface area (Å²) in [6.07, 6.45) is 1.29. The van der Waals surface area contributed by atoms with Crippen LogP contribution in [0, 0.1) is 0 Å². The van der Waals surface area contributed by atoms with E-state index < -0.39 is 5.97 Å². The first-order chi connectivity index (χ1) is 6.16. The maximum atomic E-state index is 10.1. The van der Waals surface area contributed by atoms with Gasteiger partial charge in [0.1, 0.15) is 0 Å². The van der Waals surface area contributed by atoms with Crippen LogP contribution in [0.15, 0.2) is 0 Å². The number of carbonyl (C=O) groups is 1. The van der Waals surface area contributed by atoms with Crippen LogP contribution in [0.1, 0.15) is 26.7 Å². The summed E-state index contributed by atoms with van der Waals surface area (Å²) in [7, 11) is 0. The van der Waals surface area contributed by atoms with Crippen molar-refractivity contribution in [1.82, 2.24) is 0 Å². The van der Waals surface area contributed by atoms with Gasteiger partial charge in [-0.15, -0.1) is 0 Å². The van der Waals surface area contributed by atoms with Crippen molar-refractivity contribution in [2.45, 2.75) is 32.8 Å². The van der Waals surface area contributed by atoms with E-state index in [0.29, 0.717) is 13.2 Å². The van der Waals surface area contributed by atoms with Crippen LogP contribution < -0.4 is 0 Å². The molecule has 0 spiro atoms. The Hall–Kier alpha value is -0.610. The van der Waals surface area contributed by atoms with Crippen LogP contribution in [0.3, 0.4) is 0 Å². The van der Waals surface area contributed by atoms with Gasteiger partial charge in [0.15, 0.2) is 0 Å². The van der Waals surface area contributed by atoms with Crippen LogP contribution in [-0.4, -0.2) is 37.0 Å². The highest BCUT2D eigenvalue weighted by Gasteiger charge is 1.98. The van der Waals surface area contributed by atoms with Gasteiger partial charge in [-0.1, -0.05) is 6.92 Å². The predicted molar refractivity (Wildman–Crippen MR) is 48.8 cm³/mol. The van der Waals surface area contributed by atoms with Crippen molar-refractivity contribution in [3.8, 4) is 0 Å². The number of hydrogen-bond acceptors (Lipinski definition) is 3. The fourth-order valence-corrected chi connectivity index (χ4v) is 0.688. The van der Waals surface area contributed by atoms with Gasteiger partial charge in [0, 0.05) is 0 Å². The third kappa shape index (κ3) is 9.30. The molecule has 0 radical (unpaired) electrons. The molecule has 78 valence electrons. The largest absolute Gasteiger partial charge is 0.481 e. The number of ether oxygens (including phenoxy) is 2. The molecule has 0 heterocycles. The zero-order valence-corrected chi connectivity index (χ0v) is 8.28. The topological polar surface area (TPSA) is 55.8 Å².